The van der Waals surface area contributed by atoms with Crippen LogP contribution < -0.4 is 4.90 Å². The Kier molecular flexibility index (Phi) is 5.68. The molecule has 1 aliphatic rings. The summed E-state index contributed by atoms with van der Waals surface area (Å²) in [5.74, 6) is -0.250. The minimum atomic E-state index is -0.494. The molecule has 0 aromatic heterocycles. The number of nitrogens with zero attached hydrogens (tertiary/aromatic N) is 2. The standard InChI is InChI=1S/C22H27FN2O2/c1-22(2,3)27-21(26)24-14-12-19(13-15-24)25(18-9-5-4-6-10-18)20-11-7-8-17(23)16-20/h4-11,16,19H,12-15H2,1-3H3. The molecule has 1 aliphatic heterocycles. The SMILES string of the molecule is CC(C)(C)OC(=O)N1CCC(N(c2ccccc2)c2cccc(F)c2)CC1. The molecule has 1 amide bonds. The van der Waals surface area contributed by atoms with Crippen molar-refractivity contribution in [1.29, 1.82) is 0 Å². The third kappa shape index (κ3) is 5.00. The second-order valence-corrected chi connectivity index (χ2v) is 7.88. The van der Waals surface area contributed by atoms with E-state index < -0.39 is 5.60 Å². The lowest BCUT2D eigenvalue weighted by atomic mass is 10.0. The van der Waals surface area contributed by atoms with Crippen LogP contribution in [0.1, 0.15) is 33.6 Å². The van der Waals surface area contributed by atoms with Crippen molar-refractivity contribution < 1.29 is 13.9 Å². The average molecular weight is 370 g/mol. The number of carbonyl (C=O) groups is 1. The molecule has 5 heteroatoms. The highest BCUT2D eigenvalue weighted by atomic mass is 19.1. The van der Waals surface area contributed by atoms with Crippen molar-refractivity contribution >= 4 is 17.5 Å². The maximum atomic E-state index is 13.8. The van der Waals surface area contributed by atoms with E-state index in [0.29, 0.717) is 13.1 Å². The van der Waals surface area contributed by atoms with Crippen molar-refractivity contribution in [3.05, 3.63) is 60.4 Å². The molecule has 0 spiro atoms. The maximum absolute atomic E-state index is 13.8. The van der Waals surface area contributed by atoms with Gasteiger partial charge in [-0.15, -0.1) is 0 Å². The lowest BCUT2D eigenvalue weighted by Crippen LogP contribution is -2.47. The van der Waals surface area contributed by atoms with Gasteiger partial charge in [-0.2, -0.15) is 0 Å². The minimum Gasteiger partial charge on any atom is -0.444 e. The monoisotopic (exact) mass is 370 g/mol. The minimum absolute atomic E-state index is 0.188. The summed E-state index contributed by atoms with van der Waals surface area (Å²) in [4.78, 5) is 16.3. The zero-order valence-corrected chi connectivity index (χ0v) is 16.2. The Balaban J connectivity index is 1.77. The molecule has 144 valence electrons. The molecule has 1 fully saturated rings. The van der Waals surface area contributed by atoms with E-state index in [9.17, 15) is 9.18 Å². The molecule has 4 nitrogen and oxygen atoms in total. The summed E-state index contributed by atoms with van der Waals surface area (Å²) >= 11 is 0. The van der Waals surface area contributed by atoms with Crippen molar-refractivity contribution in [2.75, 3.05) is 18.0 Å². The molecule has 1 saturated heterocycles. The molecule has 0 N–H and O–H groups in total. The van der Waals surface area contributed by atoms with Crippen LogP contribution in [0.3, 0.4) is 0 Å². The molecule has 1 heterocycles. The Morgan fingerprint density at radius 1 is 1.04 bits per heavy atom. The van der Waals surface area contributed by atoms with Gasteiger partial charge in [-0.1, -0.05) is 24.3 Å². The van der Waals surface area contributed by atoms with Gasteiger partial charge in [0.1, 0.15) is 11.4 Å². The Labute approximate surface area is 160 Å². The highest BCUT2D eigenvalue weighted by Crippen LogP contribution is 2.32. The first-order valence-corrected chi connectivity index (χ1v) is 9.41. The first-order valence-electron chi connectivity index (χ1n) is 9.41. The largest absolute Gasteiger partial charge is 0.444 e. The Hall–Kier alpha value is -2.56. The van der Waals surface area contributed by atoms with Crippen LogP contribution in [0.5, 0.6) is 0 Å². The van der Waals surface area contributed by atoms with Gasteiger partial charge in [-0.3, -0.25) is 0 Å². The molecule has 0 unspecified atom stereocenters. The summed E-state index contributed by atoms with van der Waals surface area (Å²) in [6.07, 6.45) is 1.33. The Bertz CT molecular complexity index is 765. The van der Waals surface area contributed by atoms with E-state index in [1.54, 1.807) is 17.0 Å². The summed E-state index contributed by atoms with van der Waals surface area (Å²) in [6.45, 7) is 6.87. The molecular weight excluding hydrogens is 343 g/mol. The lowest BCUT2D eigenvalue weighted by molar-refractivity contribution is 0.0206. The number of carbonyl (C=O) groups excluding carboxylic acids is 1. The molecular formula is C22H27FN2O2. The summed E-state index contributed by atoms with van der Waals surface area (Å²) in [5.41, 5.74) is 1.36. The topological polar surface area (TPSA) is 32.8 Å². The van der Waals surface area contributed by atoms with Crippen molar-refractivity contribution in [3.63, 3.8) is 0 Å². The zero-order chi connectivity index (χ0) is 19.4. The third-order valence-corrected chi connectivity index (χ3v) is 4.60. The fraction of sp³-hybridized carbons (Fsp3) is 0.409. The maximum Gasteiger partial charge on any atom is 0.410 e. The number of hydrogen-bond acceptors (Lipinski definition) is 3. The predicted octanol–water partition coefficient (Wildman–Crippen LogP) is 5.36. The highest BCUT2D eigenvalue weighted by molar-refractivity contribution is 5.69. The quantitative estimate of drug-likeness (QED) is 0.729. The third-order valence-electron chi connectivity index (χ3n) is 4.60. The van der Waals surface area contributed by atoms with E-state index >= 15 is 0 Å². The number of rotatable bonds is 3. The molecule has 27 heavy (non-hydrogen) atoms. The van der Waals surface area contributed by atoms with E-state index in [2.05, 4.69) is 4.90 Å². The molecule has 0 atom stereocenters. The van der Waals surface area contributed by atoms with E-state index in [-0.39, 0.29) is 18.0 Å². The number of para-hydroxylation sites is 1. The second kappa shape index (κ2) is 7.99. The Morgan fingerprint density at radius 3 is 2.26 bits per heavy atom. The van der Waals surface area contributed by atoms with Gasteiger partial charge >= 0.3 is 6.09 Å². The summed E-state index contributed by atoms with van der Waals surface area (Å²) < 4.78 is 19.3. The van der Waals surface area contributed by atoms with Crippen LogP contribution in [0.25, 0.3) is 0 Å². The highest BCUT2D eigenvalue weighted by Gasteiger charge is 2.30. The number of benzene rings is 2. The molecule has 0 aliphatic carbocycles. The van der Waals surface area contributed by atoms with Gasteiger partial charge in [0.05, 0.1) is 0 Å². The smallest absolute Gasteiger partial charge is 0.410 e. The van der Waals surface area contributed by atoms with Crippen LogP contribution >= 0.6 is 0 Å². The van der Waals surface area contributed by atoms with Crippen LogP contribution in [0.4, 0.5) is 20.6 Å². The fourth-order valence-electron chi connectivity index (χ4n) is 3.42. The second-order valence-electron chi connectivity index (χ2n) is 7.88. The van der Waals surface area contributed by atoms with E-state index in [1.807, 2.05) is 57.2 Å². The van der Waals surface area contributed by atoms with Crippen LogP contribution in [0, 0.1) is 5.82 Å². The molecule has 0 saturated carbocycles. The van der Waals surface area contributed by atoms with Crippen LogP contribution in [-0.4, -0.2) is 35.7 Å². The molecule has 0 bridgehead atoms. The van der Waals surface area contributed by atoms with Crippen molar-refractivity contribution in [3.8, 4) is 0 Å². The summed E-state index contributed by atoms with van der Waals surface area (Å²) in [7, 11) is 0. The number of halogens is 1. The van der Waals surface area contributed by atoms with Crippen LogP contribution in [0.15, 0.2) is 54.6 Å². The van der Waals surface area contributed by atoms with Gasteiger partial charge in [0, 0.05) is 30.5 Å². The number of anilines is 2. The fourth-order valence-corrected chi connectivity index (χ4v) is 3.42. The predicted molar refractivity (Wildman–Crippen MR) is 106 cm³/mol. The molecule has 2 aromatic rings. The Morgan fingerprint density at radius 2 is 1.67 bits per heavy atom. The van der Waals surface area contributed by atoms with E-state index in [4.69, 9.17) is 4.74 Å². The van der Waals surface area contributed by atoms with Gasteiger partial charge in [-0.05, 0) is 63.9 Å². The lowest BCUT2D eigenvalue weighted by Gasteiger charge is -2.40. The van der Waals surface area contributed by atoms with Crippen molar-refractivity contribution in [1.82, 2.24) is 4.90 Å². The summed E-state index contributed by atoms with van der Waals surface area (Å²) in [5, 5.41) is 0. The van der Waals surface area contributed by atoms with Gasteiger partial charge in [0.25, 0.3) is 0 Å². The summed E-state index contributed by atoms with van der Waals surface area (Å²) in [6, 6.07) is 16.9. The van der Waals surface area contributed by atoms with Crippen molar-refractivity contribution in [2.45, 2.75) is 45.3 Å². The molecule has 2 aromatic carbocycles. The molecule has 0 radical (unpaired) electrons. The van der Waals surface area contributed by atoms with Crippen molar-refractivity contribution in [2.24, 2.45) is 0 Å². The van der Waals surface area contributed by atoms with Crippen LogP contribution in [-0.2, 0) is 4.74 Å². The van der Waals surface area contributed by atoms with E-state index in [1.165, 1.54) is 6.07 Å². The van der Waals surface area contributed by atoms with Crippen LogP contribution in [0.2, 0.25) is 0 Å². The van der Waals surface area contributed by atoms with E-state index in [0.717, 1.165) is 24.2 Å². The average Bonchev–Trinajstić information content (AvgIpc) is 2.62. The van der Waals surface area contributed by atoms with Gasteiger partial charge in [-0.25, -0.2) is 9.18 Å². The van der Waals surface area contributed by atoms with Gasteiger partial charge < -0.3 is 14.5 Å². The molecule has 3 rings (SSSR count). The van der Waals surface area contributed by atoms with Gasteiger partial charge in [0.15, 0.2) is 0 Å². The number of likely N-dealkylation sites (tertiary alicyclic amines) is 1. The first kappa shape index (κ1) is 19.2. The number of amides is 1. The number of ether oxygens (including phenoxy) is 1. The van der Waals surface area contributed by atoms with Gasteiger partial charge in [0.2, 0.25) is 0 Å². The first-order chi connectivity index (χ1) is 12.8. The number of hydrogen-bond donors (Lipinski definition) is 0. The number of piperidine rings is 1. The normalized spacial score (nSPS) is 15.5. The zero-order valence-electron chi connectivity index (χ0n) is 16.2.